The van der Waals surface area contributed by atoms with E-state index in [-0.39, 0.29) is 0 Å². The molecule has 0 aliphatic carbocycles. The average molecular weight is 562 g/mol. The van der Waals surface area contributed by atoms with E-state index in [1.807, 2.05) is 42.5 Å². The SMILES string of the molecule is N#Cc1ccccc1N(c1ccccc1)c1ccc2ccc3c(N(c4ccccc4)c4ccccc4)ccc4ccc1c2c43. The van der Waals surface area contributed by atoms with Crippen molar-refractivity contribution in [3.63, 3.8) is 0 Å². The van der Waals surface area contributed by atoms with Crippen molar-refractivity contribution in [2.75, 3.05) is 9.80 Å². The number of anilines is 6. The lowest BCUT2D eigenvalue weighted by Crippen LogP contribution is -2.12. The first-order valence-corrected chi connectivity index (χ1v) is 14.8. The fourth-order valence-electron chi connectivity index (χ4n) is 6.49. The molecule has 8 aromatic carbocycles. The summed E-state index contributed by atoms with van der Waals surface area (Å²) >= 11 is 0. The Bertz CT molecular complexity index is 2250. The smallest absolute Gasteiger partial charge is 0.101 e. The summed E-state index contributed by atoms with van der Waals surface area (Å²) in [5, 5.41) is 17.3. The third kappa shape index (κ3) is 4.13. The van der Waals surface area contributed by atoms with Gasteiger partial charge in [-0.25, -0.2) is 0 Å². The minimum absolute atomic E-state index is 0.630. The lowest BCUT2D eigenvalue weighted by molar-refractivity contribution is 1.28. The van der Waals surface area contributed by atoms with E-state index in [4.69, 9.17) is 0 Å². The maximum atomic E-state index is 10.1. The summed E-state index contributed by atoms with van der Waals surface area (Å²) in [6.45, 7) is 0. The summed E-state index contributed by atoms with van der Waals surface area (Å²) < 4.78 is 0. The van der Waals surface area contributed by atoms with Gasteiger partial charge in [0.2, 0.25) is 0 Å². The summed E-state index contributed by atoms with van der Waals surface area (Å²) in [7, 11) is 0. The maximum absolute atomic E-state index is 10.1. The highest BCUT2D eigenvalue weighted by atomic mass is 15.2. The summed E-state index contributed by atoms with van der Waals surface area (Å²) in [4.78, 5) is 4.55. The van der Waals surface area contributed by atoms with Gasteiger partial charge in [-0.3, -0.25) is 0 Å². The zero-order valence-corrected chi connectivity index (χ0v) is 23.9. The van der Waals surface area contributed by atoms with Gasteiger partial charge in [0.1, 0.15) is 6.07 Å². The monoisotopic (exact) mass is 561 g/mol. The first-order valence-electron chi connectivity index (χ1n) is 14.8. The predicted molar refractivity (Wildman–Crippen MR) is 184 cm³/mol. The highest BCUT2D eigenvalue weighted by molar-refractivity contribution is 6.28. The molecule has 0 spiro atoms. The van der Waals surface area contributed by atoms with E-state index in [0.717, 1.165) is 39.5 Å². The second-order valence-corrected chi connectivity index (χ2v) is 10.9. The highest BCUT2D eigenvalue weighted by Crippen LogP contribution is 2.47. The standard InChI is InChI=1S/C41H27N3/c42-28-31-12-10-11-19-37(31)44(34-17-8-3-9-18-34)39-27-23-30-20-24-35-38(26-22-29-21-25-36(39)41(30)40(29)35)43(32-13-4-1-5-14-32)33-15-6-2-7-16-33/h1-27H. The molecular weight excluding hydrogens is 534 g/mol. The second-order valence-electron chi connectivity index (χ2n) is 10.9. The number of rotatable bonds is 6. The summed E-state index contributed by atoms with van der Waals surface area (Å²) in [6.07, 6.45) is 0. The van der Waals surface area contributed by atoms with Gasteiger partial charge < -0.3 is 9.80 Å². The molecule has 0 unspecified atom stereocenters. The van der Waals surface area contributed by atoms with E-state index in [9.17, 15) is 5.26 Å². The minimum atomic E-state index is 0.630. The van der Waals surface area contributed by atoms with E-state index in [1.54, 1.807) is 0 Å². The number of hydrogen-bond acceptors (Lipinski definition) is 3. The Morgan fingerprint density at radius 1 is 0.364 bits per heavy atom. The van der Waals surface area contributed by atoms with Gasteiger partial charge in [0.05, 0.1) is 22.6 Å². The van der Waals surface area contributed by atoms with Crippen LogP contribution in [0.1, 0.15) is 5.56 Å². The van der Waals surface area contributed by atoms with Gasteiger partial charge in [0, 0.05) is 27.8 Å². The molecule has 44 heavy (non-hydrogen) atoms. The number of benzene rings is 8. The Balaban J connectivity index is 1.43. The van der Waals surface area contributed by atoms with E-state index >= 15 is 0 Å². The van der Waals surface area contributed by atoms with Gasteiger partial charge in [-0.15, -0.1) is 0 Å². The molecule has 3 heteroatoms. The van der Waals surface area contributed by atoms with Crippen molar-refractivity contribution in [2.24, 2.45) is 0 Å². The van der Waals surface area contributed by atoms with E-state index in [2.05, 4.69) is 137 Å². The van der Waals surface area contributed by atoms with E-state index < -0.39 is 0 Å². The van der Waals surface area contributed by atoms with E-state index in [0.29, 0.717) is 5.56 Å². The van der Waals surface area contributed by atoms with Gasteiger partial charge in [0.15, 0.2) is 0 Å². The molecule has 0 aliphatic rings. The molecule has 0 fully saturated rings. The van der Waals surface area contributed by atoms with Crippen molar-refractivity contribution in [2.45, 2.75) is 0 Å². The summed E-state index contributed by atoms with van der Waals surface area (Å²) in [5.41, 5.74) is 6.88. The quantitative estimate of drug-likeness (QED) is 0.189. The summed E-state index contributed by atoms with van der Waals surface area (Å²) in [6, 6.07) is 59.5. The Hall–Kier alpha value is -6.11. The molecule has 8 rings (SSSR count). The molecular formula is C41H27N3. The molecule has 0 saturated heterocycles. The normalized spacial score (nSPS) is 11.2. The third-order valence-electron chi connectivity index (χ3n) is 8.41. The fourth-order valence-corrected chi connectivity index (χ4v) is 6.49. The number of para-hydroxylation sites is 4. The zero-order chi connectivity index (χ0) is 29.5. The first kappa shape index (κ1) is 25.6. The molecule has 0 heterocycles. The zero-order valence-electron chi connectivity index (χ0n) is 23.9. The molecule has 0 atom stereocenters. The average Bonchev–Trinajstić information content (AvgIpc) is 3.10. The lowest BCUT2D eigenvalue weighted by Gasteiger charge is -2.29. The van der Waals surface area contributed by atoms with Gasteiger partial charge in [-0.1, -0.05) is 103 Å². The van der Waals surface area contributed by atoms with Gasteiger partial charge in [0.25, 0.3) is 0 Å². The van der Waals surface area contributed by atoms with Crippen LogP contribution in [0.2, 0.25) is 0 Å². The van der Waals surface area contributed by atoms with Crippen molar-refractivity contribution in [1.82, 2.24) is 0 Å². The topological polar surface area (TPSA) is 30.3 Å². The molecule has 0 amide bonds. The molecule has 0 N–H and O–H groups in total. The molecule has 3 nitrogen and oxygen atoms in total. The summed E-state index contributed by atoms with van der Waals surface area (Å²) in [5.74, 6) is 0. The van der Waals surface area contributed by atoms with Crippen LogP contribution in [0.25, 0.3) is 32.3 Å². The van der Waals surface area contributed by atoms with Crippen LogP contribution >= 0.6 is 0 Å². The molecule has 0 saturated carbocycles. The van der Waals surface area contributed by atoms with Crippen LogP contribution in [0.5, 0.6) is 0 Å². The maximum Gasteiger partial charge on any atom is 0.101 e. The van der Waals surface area contributed by atoms with Crippen LogP contribution in [0.3, 0.4) is 0 Å². The van der Waals surface area contributed by atoms with Crippen molar-refractivity contribution in [1.29, 1.82) is 5.26 Å². The first-order chi connectivity index (χ1) is 21.8. The van der Waals surface area contributed by atoms with Crippen LogP contribution in [0.4, 0.5) is 34.1 Å². The van der Waals surface area contributed by atoms with Crippen molar-refractivity contribution >= 4 is 66.4 Å². The fraction of sp³-hybridized carbons (Fsp3) is 0. The second kappa shape index (κ2) is 10.6. The van der Waals surface area contributed by atoms with Gasteiger partial charge in [-0.2, -0.15) is 5.26 Å². The number of nitrogens with zero attached hydrogens (tertiary/aromatic N) is 3. The Kier molecular flexibility index (Phi) is 6.18. The number of nitriles is 1. The van der Waals surface area contributed by atoms with Crippen LogP contribution in [-0.2, 0) is 0 Å². The Morgan fingerprint density at radius 2 is 0.773 bits per heavy atom. The Labute approximate surface area is 256 Å². The Morgan fingerprint density at radius 3 is 1.27 bits per heavy atom. The molecule has 206 valence electrons. The molecule has 0 aliphatic heterocycles. The van der Waals surface area contributed by atoms with Crippen molar-refractivity contribution in [3.8, 4) is 6.07 Å². The predicted octanol–water partition coefficient (Wildman–Crippen LogP) is 11.4. The molecule has 8 aromatic rings. The largest absolute Gasteiger partial charge is 0.310 e. The number of hydrogen-bond donors (Lipinski definition) is 0. The van der Waals surface area contributed by atoms with Crippen molar-refractivity contribution < 1.29 is 0 Å². The van der Waals surface area contributed by atoms with E-state index in [1.165, 1.54) is 26.9 Å². The highest BCUT2D eigenvalue weighted by Gasteiger charge is 2.22. The van der Waals surface area contributed by atoms with Crippen LogP contribution < -0.4 is 9.80 Å². The molecule has 0 aromatic heterocycles. The lowest BCUT2D eigenvalue weighted by atomic mass is 9.91. The van der Waals surface area contributed by atoms with Crippen LogP contribution in [0.15, 0.2) is 164 Å². The third-order valence-corrected chi connectivity index (χ3v) is 8.41. The van der Waals surface area contributed by atoms with Crippen molar-refractivity contribution in [3.05, 3.63) is 169 Å². The van der Waals surface area contributed by atoms with Crippen LogP contribution in [-0.4, -0.2) is 0 Å². The molecule has 0 bridgehead atoms. The van der Waals surface area contributed by atoms with Gasteiger partial charge in [-0.05, 0) is 82.2 Å². The molecule has 0 radical (unpaired) electrons. The van der Waals surface area contributed by atoms with Gasteiger partial charge >= 0.3 is 0 Å². The van der Waals surface area contributed by atoms with Crippen LogP contribution in [0, 0.1) is 11.3 Å². The minimum Gasteiger partial charge on any atom is -0.310 e.